The fraction of sp³-hybridized carbons (Fsp3) is 0.0769. The zero-order valence-electron chi connectivity index (χ0n) is 35.3. The Bertz CT molecular complexity index is 3050. The van der Waals surface area contributed by atoms with E-state index in [9.17, 15) is 0 Å². The van der Waals surface area contributed by atoms with Crippen molar-refractivity contribution in [3.8, 4) is 50.6 Å². The molecule has 0 aliphatic rings. The largest absolute Gasteiger partial charge is 0.501 e. The minimum atomic E-state index is -2.08. The van der Waals surface area contributed by atoms with Crippen molar-refractivity contribution in [2.75, 3.05) is 0 Å². The number of hydrogen-bond acceptors (Lipinski definition) is 3. The van der Waals surface area contributed by atoms with E-state index in [1.807, 2.05) is 48.7 Å². The number of hydrogen-bond donors (Lipinski definition) is 0. The molecule has 0 amide bonds. The molecule has 10 aromatic rings. The van der Waals surface area contributed by atoms with Crippen LogP contribution in [-0.2, 0) is 20.1 Å². The maximum absolute atomic E-state index is 7.35. The molecule has 0 aliphatic carbocycles. The summed E-state index contributed by atoms with van der Waals surface area (Å²) in [6.45, 7) is -2.08. The van der Waals surface area contributed by atoms with Crippen molar-refractivity contribution in [1.82, 2.24) is 14.5 Å². The van der Waals surface area contributed by atoms with Crippen molar-refractivity contribution in [3.05, 3.63) is 194 Å². The molecule has 0 saturated carbocycles. The number of pyridine rings is 1. The van der Waals surface area contributed by atoms with Crippen molar-refractivity contribution in [1.29, 1.82) is 0 Å². The van der Waals surface area contributed by atoms with Crippen LogP contribution in [0.1, 0.15) is 9.68 Å². The van der Waals surface area contributed by atoms with Gasteiger partial charge in [-0.05, 0) is 41.0 Å². The van der Waals surface area contributed by atoms with Crippen LogP contribution in [0.2, 0.25) is 17.3 Å². The van der Waals surface area contributed by atoms with Crippen molar-refractivity contribution in [2.24, 2.45) is 0 Å². The number of aromatic nitrogens is 3. The molecule has 0 N–H and O–H groups in total. The van der Waals surface area contributed by atoms with Gasteiger partial charge in [0.15, 0.2) is 0 Å². The number of aryl methyl sites for hydroxylation is 1. The molecule has 1 radical (unpaired) electrons. The SMILES string of the molecule is [2H]C([2H])([2H])c1c[c-]c(-c2cc[c]([Ge]([CH3])([CH3])[CH3])cn2)cc1.[Ir].[c-]1ccc2c(oc3ccccc32)c1-c1nc2ccccc2n1-c1cc(-c2ccccc2)ccc1-c1ccccc1. The summed E-state index contributed by atoms with van der Waals surface area (Å²) in [5.41, 5.74) is 12.0. The fourth-order valence-electron chi connectivity index (χ4n) is 7.26. The van der Waals surface area contributed by atoms with Crippen LogP contribution in [0, 0.1) is 19.0 Å². The minimum Gasteiger partial charge on any atom is -0.501 e. The Morgan fingerprint density at radius 1 is 0.672 bits per heavy atom. The van der Waals surface area contributed by atoms with Gasteiger partial charge in [0.25, 0.3) is 0 Å². The third-order valence-electron chi connectivity index (χ3n) is 10.3. The van der Waals surface area contributed by atoms with Crippen LogP contribution in [0.4, 0.5) is 0 Å². The van der Waals surface area contributed by atoms with Gasteiger partial charge < -0.3 is 8.98 Å². The first-order valence-corrected chi connectivity index (χ1v) is 26.4. The molecule has 285 valence electrons. The van der Waals surface area contributed by atoms with E-state index in [0.717, 1.165) is 78.0 Å². The molecule has 4 nitrogen and oxygen atoms in total. The molecule has 7 aromatic carbocycles. The average Bonchev–Trinajstić information content (AvgIpc) is 3.86. The van der Waals surface area contributed by atoms with Gasteiger partial charge in [0.2, 0.25) is 0 Å². The molecule has 58 heavy (non-hydrogen) atoms. The van der Waals surface area contributed by atoms with E-state index in [2.05, 4.69) is 148 Å². The van der Waals surface area contributed by atoms with E-state index in [4.69, 9.17) is 13.5 Å². The van der Waals surface area contributed by atoms with Crippen LogP contribution < -0.4 is 4.40 Å². The molecule has 0 unspecified atom stereocenters. The van der Waals surface area contributed by atoms with Gasteiger partial charge in [-0.2, -0.15) is 0 Å². The molecule has 0 atom stereocenters. The van der Waals surface area contributed by atoms with E-state index in [-0.39, 0.29) is 20.1 Å². The number of fused-ring (bicyclic) bond motifs is 4. The first-order valence-electron chi connectivity index (χ1n) is 20.6. The number of benzene rings is 7. The molecule has 0 fully saturated rings. The van der Waals surface area contributed by atoms with E-state index in [1.54, 1.807) is 12.1 Å². The first kappa shape index (κ1) is 35.3. The van der Waals surface area contributed by atoms with Gasteiger partial charge in [0.05, 0.1) is 22.4 Å². The first-order chi connectivity index (χ1) is 29.0. The van der Waals surface area contributed by atoms with E-state index < -0.39 is 20.1 Å². The molecular weight excluding hydrogens is 947 g/mol. The van der Waals surface area contributed by atoms with Crippen LogP contribution in [0.25, 0.3) is 83.6 Å². The van der Waals surface area contributed by atoms with Gasteiger partial charge in [-0.1, -0.05) is 114 Å². The molecule has 0 bridgehead atoms. The Labute approximate surface area is 360 Å². The number of furan rings is 1. The molecular formula is C52H41GeIrN3O-2. The molecule has 0 aliphatic heterocycles. The second-order valence-electron chi connectivity index (χ2n) is 15.1. The van der Waals surface area contributed by atoms with Crippen molar-refractivity contribution < 1.29 is 28.6 Å². The Hall–Kier alpha value is -5.85. The van der Waals surface area contributed by atoms with Gasteiger partial charge in [0.1, 0.15) is 5.58 Å². The molecule has 6 heteroatoms. The summed E-state index contributed by atoms with van der Waals surface area (Å²) in [4.78, 5) is 9.67. The Morgan fingerprint density at radius 2 is 1.41 bits per heavy atom. The van der Waals surface area contributed by atoms with Gasteiger partial charge in [0, 0.05) is 36.7 Å². The smallest absolute Gasteiger partial charge is 0.120 e. The summed E-state index contributed by atoms with van der Waals surface area (Å²) in [6.07, 6.45) is 1.95. The second-order valence-corrected chi connectivity index (χ2v) is 25.7. The third kappa shape index (κ3) is 7.74. The maximum Gasteiger partial charge on any atom is 0.120 e. The van der Waals surface area contributed by atoms with Crippen LogP contribution in [0.15, 0.2) is 180 Å². The predicted octanol–water partition coefficient (Wildman–Crippen LogP) is 13.1. The molecule has 10 rings (SSSR count). The molecule has 3 heterocycles. The normalized spacial score (nSPS) is 12.3. The van der Waals surface area contributed by atoms with Crippen LogP contribution in [0.5, 0.6) is 0 Å². The summed E-state index contributed by atoms with van der Waals surface area (Å²) in [5, 5.41) is 2.15. The fourth-order valence-corrected chi connectivity index (χ4v) is 9.44. The minimum absolute atomic E-state index is 0. The molecule has 3 aromatic heterocycles. The molecule has 0 saturated heterocycles. The van der Waals surface area contributed by atoms with Crippen LogP contribution >= 0.6 is 0 Å². The van der Waals surface area contributed by atoms with Gasteiger partial charge >= 0.3 is 110 Å². The van der Waals surface area contributed by atoms with Crippen molar-refractivity contribution in [2.45, 2.75) is 24.1 Å². The summed E-state index contributed by atoms with van der Waals surface area (Å²) >= 11 is -1.83. The third-order valence-corrected chi connectivity index (χ3v) is 14.5. The summed E-state index contributed by atoms with van der Waals surface area (Å²) in [5.74, 6) is 7.78. The van der Waals surface area contributed by atoms with Gasteiger partial charge in [-0.3, -0.25) is 4.98 Å². The predicted molar refractivity (Wildman–Crippen MR) is 240 cm³/mol. The maximum atomic E-state index is 7.35. The van der Waals surface area contributed by atoms with Crippen LogP contribution in [-0.4, -0.2) is 27.8 Å². The van der Waals surface area contributed by atoms with Gasteiger partial charge in [-0.25, -0.2) is 0 Å². The van der Waals surface area contributed by atoms with Gasteiger partial charge in [-0.15, -0.1) is 18.2 Å². The average molecular weight is 992 g/mol. The number of nitrogens with zero attached hydrogens (tertiary/aromatic N) is 3. The topological polar surface area (TPSA) is 43.9 Å². The summed E-state index contributed by atoms with van der Waals surface area (Å²) in [6, 6.07) is 63.8. The van der Waals surface area contributed by atoms with E-state index in [1.165, 1.54) is 16.0 Å². The van der Waals surface area contributed by atoms with Crippen molar-refractivity contribution >= 4 is 50.6 Å². The number of imidazole rings is 1. The monoisotopic (exact) mass is 993 g/mol. The van der Waals surface area contributed by atoms with E-state index >= 15 is 0 Å². The zero-order chi connectivity index (χ0) is 41.4. The molecule has 0 spiro atoms. The standard InChI is InChI=1S/C37H23N2O.C15H18GeN.Ir/c1-3-12-25(13-4-1)27-22-23-28(26-14-5-2-6-15-26)34(24-27)39-33-20-9-8-19-32(33)38-37(39)31-18-11-17-30-29-16-7-10-21-35(29)40-36(30)31;1-12-5-7-13(8-6-12)15-10-9-14(11-17-15)16(2,3)4;/h1-17,19-24H;5-7,9-11H,1-4H3;/q2*-1;/i;1D3;. The zero-order valence-corrected chi connectivity index (χ0v) is 36.8. The van der Waals surface area contributed by atoms with Crippen molar-refractivity contribution in [3.63, 3.8) is 0 Å². The second kappa shape index (κ2) is 16.6. The Morgan fingerprint density at radius 3 is 2.14 bits per heavy atom. The number of rotatable bonds is 6. The Balaban J connectivity index is 0.000000208. The summed E-state index contributed by atoms with van der Waals surface area (Å²) in [7, 11) is 0. The Kier molecular flexibility index (Phi) is 10.1. The number of para-hydroxylation sites is 3. The summed E-state index contributed by atoms with van der Waals surface area (Å²) < 4.78 is 32.1. The van der Waals surface area contributed by atoms with Crippen LogP contribution in [0.3, 0.4) is 0 Å². The quantitative estimate of drug-likeness (QED) is 0.123. The van der Waals surface area contributed by atoms with E-state index in [0.29, 0.717) is 5.56 Å².